The molecule has 0 spiro atoms. The van der Waals surface area contributed by atoms with Crippen molar-refractivity contribution in [2.75, 3.05) is 18.1 Å². The average molecular weight is 172 g/mol. The molecule has 0 N–H and O–H groups in total. The van der Waals surface area contributed by atoms with Crippen molar-refractivity contribution in [2.45, 2.75) is 19.8 Å². The minimum atomic E-state index is 0.457. The van der Waals surface area contributed by atoms with E-state index in [1.807, 2.05) is 11.8 Å². The Balaban J connectivity index is 2.38. The number of thioether (sulfide) groups is 1. The highest BCUT2D eigenvalue weighted by atomic mass is 32.2. The molecule has 1 unspecified atom stereocenters. The topological polar surface area (TPSA) is 9.23 Å². The zero-order valence-electron chi connectivity index (χ0n) is 7.14. The van der Waals surface area contributed by atoms with E-state index in [0.29, 0.717) is 5.41 Å². The van der Waals surface area contributed by atoms with Crippen LogP contribution in [0.15, 0.2) is 12.8 Å². The lowest BCUT2D eigenvalue weighted by atomic mass is 9.86. The van der Waals surface area contributed by atoms with E-state index in [2.05, 4.69) is 13.5 Å². The van der Waals surface area contributed by atoms with Gasteiger partial charge >= 0.3 is 0 Å². The molecule has 0 aromatic heterocycles. The third-order valence-electron chi connectivity index (χ3n) is 2.44. The van der Waals surface area contributed by atoms with Gasteiger partial charge in [0, 0.05) is 11.2 Å². The minimum absolute atomic E-state index is 0.457. The Labute approximate surface area is 73.2 Å². The quantitative estimate of drug-likeness (QED) is 0.603. The van der Waals surface area contributed by atoms with E-state index in [1.54, 1.807) is 6.26 Å². The third-order valence-corrected chi connectivity index (χ3v) is 3.75. The van der Waals surface area contributed by atoms with Gasteiger partial charge in [-0.1, -0.05) is 13.5 Å². The predicted octanol–water partition coefficient (Wildman–Crippen LogP) is 2.68. The molecule has 1 aliphatic rings. The Bertz CT molecular complexity index is 128. The highest BCUT2D eigenvalue weighted by molar-refractivity contribution is 7.99. The first-order chi connectivity index (χ1) is 5.33. The van der Waals surface area contributed by atoms with Crippen LogP contribution in [0.2, 0.25) is 0 Å². The molecule has 0 saturated carbocycles. The normalized spacial score (nSPS) is 30.3. The van der Waals surface area contributed by atoms with Crippen LogP contribution in [0.5, 0.6) is 0 Å². The van der Waals surface area contributed by atoms with E-state index in [9.17, 15) is 0 Å². The van der Waals surface area contributed by atoms with Gasteiger partial charge in [0.2, 0.25) is 0 Å². The Morgan fingerprint density at radius 3 is 3.00 bits per heavy atom. The molecule has 1 heterocycles. The highest BCUT2D eigenvalue weighted by Gasteiger charge is 2.32. The molecule has 0 aliphatic carbocycles. The first-order valence-corrected chi connectivity index (χ1v) is 5.29. The summed E-state index contributed by atoms with van der Waals surface area (Å²) in [7, 11) is 0. The van der Waals surface area contributed by atoms with Gasteiger partial charge in [0.1, 0.15) is 0 Å². The molecular formula is C9H16OS. The summed E-state index contributed by atoms with van der Waals surface area (Å²) in [6.07, 6.45) is 4.09. The molecule has 11 heavy (non-hydrogen) atoms. The second-order valence-electron chi connectivity index (χ2n) is 3.13. The third kappa shape index (κ3) is 2.16. The van der Waals surface area contributed by atoms with E-state index < -0.39 is 0 Å². The summed E-state index contributed by atoms with van der Waals surface area (Å²) in [5.74, 6) is 2.56. The molecule has 1 rings (SSSR count). The summed E-state index contributed by atoms with van der Waals surface area (Å²) >= 11 is 2.04. The van der Waals surface area contributed by atoms with Crippen molar-refractivity contribution in [3.05, 3.63) is 12.8 Å². The average Bonchev–Trinajstić information content (AvgIpc) is 2.50. The summed E-state index contributed by atoms with van der Waals surface area (Å²) < 4.78 is 5.26. The summed E-state index contributed by atoms with van der Waals surface area (Å²) in [5, 5.41) is 0. The van der Waals surface area contributed by atoms with Gasteiger partial charge in [0.05, 0.1) is 12.9 Å². The van der Waals surface area contributed by atoms with Crippen molar-refractivity contribution in [1.82, 2.24) is 0 Å². The van der Waals surface area contributed by atoms with Gasteiger partial charge in [0.25, 0.3) is 0 Å². The molecule has 0 aromatic carbocycles. The first-order valence-electron chi connectivity index (χ1n) is 4.13. The lowest BCUT2D eigenvalue weighted by molar-refractivity contribution is 0.125. The first kappa shape index (κ1) is 8.98. The Hall–Kier alpha value is -0.110. The number of hydrogen-bond donors (Lipinski definition) is 0. The maximum absolute atomic E-state index is 5.26. The molecule has 0 radical (unpaired) electrons. The molecule has 1 nitrogen and oxygen atoms in total. The second kappa shape index (κ2) is 4.05. The zero-order chi connectivity index (χ0) is 8.16. The monoisotopic (exact) mass is 172 g/mol. The molecule has 64 valence electrons. The van der Waals surface area contributed by atoms with Crippen LogP contribution in [0.25, 0.3) is 0 Å². The molecule has 0 bridgehead atoms. The molecule has 1 aliphatic heterocycles. The molecule has 0 amide bonds. The van der Waals surface area contributed by atoms with Crippen molar-refractivity contribution in [3.8, 4) is 0 Å². The van der Waals surface area contributed by atoms with Gasteiger partial charge in [-0.25, -0.2) is 0 Å². The van der Waals surface area contributed by atoms with Crippen LogP contribution in [0.3, 0.4) is 0 Å². The molecule has 2 heteroatoms. The predicted molar refractivity (Wildman–Crippen MR) is 50.8 cm³/mol. The Morgan fingerprint density at radius 2 is 2.55 bits per heavy atom. The van der Waals surface area contributed by atoms with E-state index in [4.69, 9.17) is 4.74 Å². The van der Waals surface area contributed by atoms with Crippen molar-refractivity contribution >= 4 is 11.8 Å². The lowest BCUT2D eigenvalue weighted by Gasteiger charge is -2.25. The SMILES string of the molecule is C=COCC1(CC)CCSC1. The van der Waals surface area contributed by atoms with Gasteiger partial charge in [0.15, 0.2) is 0 Å². The minimum Gasteiger partial charge on any atom is -0.501 e. The zero-order valence-corrected chi connectivity index (χ0v) is 7.95. The lowest BCUT2D eigenvalue weighted by Crippen LogP contribution is -2.24. The van der Waals surface area contributed by atoms with Gasteiger partial charge in [-0.15, -0.1) is 0 Å². The van der Waals surface area contributed by atoms with Crippen molar-refractivity contribution in [2.24, 2.45) is 5.41 Å². The summed E-state index contributed by atoms with van der Waals surface area (Å²) in [4.78, 5) is 0. The van der Waals surface area contributed by atoms with Crippen LogP contribution >= 0.6 is 11.8 Å². The smallest absolute Gasteiger partial charge is 0.0937 e. The Kier molecular flexibility index (Phi) is 3.31. The fourth-order valence-corrected chi connectivity index (χ4v) is 2.97. The fourth-order valence-electron chi connectivity index (χ4n) is 1.38. The highest BCUT2D eigenvalue weighted by Crippen LogP contribution is 2.38. The maximum Gasteiger partial charge on any atom is 0.0937 e. The number of ether oxygens (including phenoxy) is 1. The van der Waals surface area contributed by atoms with Crippen molar-refractivity contribution in [1.29, 1.82) is 0 Å². The maximum atomic E-state index is 5.26. The fraction of sp³-hybridized carbons (Fsp3) is 0.778. The number of hydrogen-bond acceptors (Lipinski definition) is 2. The molecule has 0 aromatic rings. The van der Waals surface area contributed by atoms with E-state index in [1.165, 1.54) is 24.3 Å². The summed E-state index contributed by atoms with van der Waals surface area (Å²) in [6.45, 7) is 6.67. The summed E-state index contributed by atoms with van der Waals surface area (Å²) in [5.41, 5.74) is 0.457. The summed E-state index contributed by atoms with van der Waals surface area (Å²) in [6, 6.07) is 0. The van der Waals surface area contributed by atoms with Crippen LogP contribution in [0, 0.1) is 5.41 Å². The standard InChI is InChI=1S/C9H16OS/c1-3-9(7-10-4-2)5-6-11-8-9/h4H,2-3,5-8H2,1H3. The van der Waals surface area contributed by atoms with Crippen LogP contribution < -0.4 is 0 Å². The van der Waals surface area contributed by atoms with Gasteiger partial charge in [-0.05, 0) is 18.6 Å². The largest absolute Gasteiger partial charge is 0.501 e. The van der Waals surface area contributed by atoms with Crippen LogP contribution in [-0.2, 0) is 4.74 Å². The van der Waals surface area contributed by atoms with Crippen LogP contribution in [0.4, 0.5) is 0 Å². The molecule has 1 fully saturated rings. The van der Waals surface area contributed by atoms with E-state index in [0.717, 1.165) is 6.61 Å². The molecular weight excluding hydrogens is 156 g/mol. The van der Waals surface area contributed by atoms with Crippen LogP contribution in [0.1, 0.15) is 19.8 Å². The van der Waals surface area contributed by atoms with Crippen molar-refractivity contribution in [3.63, 3.8) is 0 Å². The van der Waals surface area contributed by atoms with Crippen molar-refractivity contribution < 1.29 is 4.74 Å². The molecule has 1 atom stereocenters. The van der Waals surface area contributed by atoms with Gasteiger partial charge in [-0.3, -0.25) is 0 Å². The van der Waals surface area contributed by atoms with E-state index >= 15 is 0 Å². The van der Waals surface area contributed by atoms with Gasteiger partial charge < -0.3 is 4.74 Å². The second-order valence-corrected chi connectivity index (χ2v) is 4.24. The van der Waals surface area contributed by atoms with Crippen LogP contribution in [-0.4, -0.2) is 18.1 Å². The van der Waals surface area contributed by atoms with E-state index in [-0.39, 0.29) is 0 Å². The van der Waals surface area contributed by atoms with Gasteiger partial charge in [-0.2, -0.15) is 11.8 Å². The Morgan fingerprint density at radius 1 is 1.73 bits per heavy atom. The number of rotatable bonds is 4. The molecule has 1 saturated heterocycles.